The molecule has 0 fully saturated rings. The third-order valence-corrected chi connectivity index (χ3v) is 4.47. The minimum absolute atomic E-state index is 0.160. The van der Waals surface area contributed by atoms with Crippen LogP contribution in [0.4, 0.5) is 0 Å². The van der Waals surface area contributed by atoms with Crippen LogP contribution in [0, 0.1) is 18.8 Å². The van der Waals surface area contributed by atoms with Crippen molar-refractivity contribution in [3.8, 4) is 5.75 Å². The van der Waals surface area contributed by atoms with Crippen molar-refractivity contribution in [1.82, 2.24) is 4.57 Å². The third kappa shape index (κ3) is 3.01. The van der Waals surface area contributed by atoms with Gasteiger partial charge in [0.05, 0.1) is 19.0 Å². The fraction of sp³-hybridized carbons (Fsp3) is 0.200. The lowest BCUT2D eigenvalue weighted by molar-refractivity contribution is -0.117. The Balaban J connectivity index is 2.22. The van der Waals surface area contributed by atoms with E-state index in [1.807, 2.05) is 19.1 Å². The molecule has 0 saturated carbocycles. The maximum Gasteiger partial charge on any atom is 0.290 e. The van der Waals surface area contributed by atoms with Gasteiger partial charge in [0.15, 0.2) is 0 Å². The molecule has 0 aliphatic heterocycles. The number of hydrogen-bond donors (Lipinski definition) is 0. The Morgan fingerprint density at radius 1 is 1.08 bits per heavy atom. The van der Waals surface area contributed by atoms with Crippen molar-refractivity contribution in [2.75, 3.05) is 7.11 Å². The Morgan fingerprint density at radius 3 is 2.38 bits per heavy atom. The second kappa shape index (κ2) is 6.92. The van der Waals surface area contributed by atoms with E-state index < -0.39 is 5.91 Å². The fourth-order valence-corrected chi connectivity index (χ4v) is 3.08. The predicted molar refractivity (Wildman–Crippen MR) is 98.6 cm³/mol. The second-order valence-corrected chi connectivity index (χ2v) is 6.12. The lowest BCUT2D eigenvalue weighted by Crippen LogP contribution is -2.14. The van der Waals surface area contributed by atoms with Crippen LogP contribution >= 0.6 is 0 Å². The third-order valence-electron chi connectivity index (χ3n) is 4.47. The number of fused-ring (bicyclic) bond motifs is 1. The lowest BCUT2D eigenvalue weighted by atomic mass is 10.1. The smallest absolute Gasteiger partial charge is 0.290 e. The summed E-state index contributed by atoms with van der Waals surface area (Å²) >= 11 is 0. The van der Waals surface area contributed by atoms with E-state index in [0.717, 1.165) is 5.56 Å². The van der Waals surface area contributed by atoms with Gasteiger partial charge in [0.25, 0.3) is 11.8 Å². The number of nitroso groups, excluding NO2 is 1. The quantitative estimate of drug-likeness (QED) is 0.671. The number of rotatable bonds is 4. The summed E-state index contributed by atoms with van der Waals surface area (Å²) < 4.78 is 6.81. The molecule has 3 rings (SSSR count). The van der Waals surface area contributed by atoms with Gasteiger partial charge in [-0.3, -0.25) is 14.2 Å². The molecule has 0 aliphatic rings. The number of nitrogens with zero attached hydrogens (tertiary/aromatic N) is 2. The van der Waals surface area contributed by atoms with Crippen molar-refractivity contribution in [3.63, 3.8) is 0 Å². The topological polar surface area (TPSA) is 77.7 Å². The number of hydrogen-bond acceptors (Lipinski definition) is 4. The van der Waals surface area contributed by atoms with Gasteiger partial charge >= 0.3 is 0 Å². The Kier molecular flexibility index (Phi) is 4.67. The maximum absolute atomic E-state index is 13.1. The second-order valence-electron chi connectivity index (χ2n) is 6.12. The van der Waals surface area contributed by atoms with Gasteiger partial charge in [0.2, 0.25) is 0 Å². The van der Waals surface area contributed by atoms with Gasteiger partial charge < -0.3 is 4.74 Å². The molecule has 6 heteroatoms. The van der Waals surface area contributed by atoms with Crippen LogP contribution in [0.5, 0.6) is 5.75 Å². The van der Waals surface area contributed by atoms with Gasteiger partial charge in [0, 0.05) is 21.8 Å². The number of ether oxygens (including phenoxy) is 1. The number of carbonyl (C=O) groups is 2. The average molecular weight is 350 g/mol. The van der Waals surface area contributed by atoms with Gasteiger partial charge in [-0.25, -0.2) is 0 Å². The summed E-state index contributed by atoms with van der Waals surface area (Å²) in [6, 6.07) is 12.6. The van der Waals surface area contributed by atoms with Crippen molar-refractivity contribution in [2.45, 2.75) is 20.3 Å². The molecule has 6 nitrogen and oxygen atoms in total. The van der Waals surface area contributed by atoms with Gasteiger partial charge in [-0.2, -0.15) is 0 Å². The number of aryl methyl sites for hydroxylation is 1. The van der Waals surface area contributed by atoms with Gasteiger partial charge in [-0.15, -0.1) is 4.91 Å². The zero-order valence-electron chi connectivity index (χ0n) is 14.8. The summed E-state index contributed by atoms with van der Waals surface area (Å²) in [4.78, 5) is 35.3. The van der Waals surface area contributed by atoms with E-state index in [-0.39, 0.29) is 12.3 Å². The van der Waals surface area contributed by atoms with Crippen LogP contribution in [-0.4, -0.2) is 23.5 Å². The van der Waals surface area contributed by atoms with E-state index >= 15 is 0 Å². The molecule has 1 heterocycles. The average Bonchev–Trinajstić information content (AvgIpc) is 2.92. The highest BCUT2D eigenvalue weighted by Gasteiger charge is 2.22. The first kappa shape index (κ1) is 17.5. The van der Waals surface area contributed by atoms with Crippen molar-refractivity contribution in [1.29, 1.82) is 0 Å². The number of aromatic nitrogens is 1. The van der Waals surface area contributed by atoms with Crippen molar-refractivity contribution >= 4 is 22.7 Å². The molecule has 1 amide bonds. The first-order valence-electron chi connectivity index (χ1n) is 8.11. The molecule has 26 heavy (non-hydrogen) atoms. The Hall–Kier alpha value is -3.28. The first-order chi connectivity index (χ1) is 12.5. The molecule has 132 valence electrons. The van der Waals surface area contributed by atoms with Gasteiger partial charge in [-0.05, 0) is 49.7 Å². The first-order valence-corrected chi connectivity index (χ1v) is 8.11. The molecule has 2 aromatic carbocycles. The Labute approximate surface area is 150 Å². The van der Waals surface area contributed by atoms with Crippen LogP contribution in [0.3, 0.4) is 0 Å². The summed E-state index contributed by atoms with van der Waals surface area (Å²) in [5, 5.41) is 3.18. The molecule has 0 spiro atoms. The highest BCUT2D eigenvalue weighted by Crippen LogP contribution is 2.30. The zero-order valence-corrected chi connectivity index (χ0v) is 14.8. The van der Waals surface area contributed by atoms with E-state index in [2.05, 4.69) is 5.18 Å². The van der Waals surface area contributed by atoms with E-state index in [1.165, 1.54) is 0 Å². The lowest BCUT2D eigenvalue weighted by Gasteiger charge is -2.08. The van der Waals surface area contributed by atoms with E-state index in [1.54, 1.807) is 48.9 Å². The molecule has 0 radical (unpaired) electrons. The molecule has 0 atom stereocenters. The van der Waals surface area contributed by atoms with Gasteiger partial charge in [-0.1, -0.05) is 17.7 Å². The van der Waals surface area contributed by atoms with Crippen molar-refractivity contribution < 1.29 is 14.3 Å². The summed E-state index contributed by atoms with van der Waals surface area (Å²) in [5.74, 6) is -0.377. The van der Waals surface area contributed by atoms with E-state index in [9.17, 15) is 14.5 Å². The van der Waals surface area contributed by atoms with Gasteiger partial charge in [0.1, 0.15) is 5.75 Å². The van der Waals surface area contributed by atoms with E-state index in [0.29, 0.717) is 33.5 Å². The SMILES string of the molecule is COc1ccc2c(c1)c(CC(=O)N=O)c(C)n2C(=O)c1ccc(C)cc1. The zero-order chi connectivity index (χ0) is 18.8. The van der Waals surface area contributed by atoms with Crippen molar-refractivity contribution in [3.05, 3.63) is 69.8 Å². The Morgan fingerprint density at radius 2 is 1.77 bits per heavy atom. The van der Waals surface area contributed by atoms with Crippen LogP contribution in [0.2, 0.25) is 0 Å². The number of carbonyl (C=O) groups excluding carboxylic acids is 2. The highest BCUT2D eigenvalue weighted by molar-refractivity contribution is 6.05. The minimum atomic E-state index is -0.780. The molecular formula is C20H18N2O4. The highest BCUT2D eigenvalue weighted by atomic mass is 16.5. The summed E-state index contributed by atoms with van der Waals surface area (Å²) in [6.45, 7) is 3.71. The molecule has 1 aromatic heterocycles. The normalized spacial score (nSPS) is 10.7. The maximum atomic E-state index is 13.1. The van der Waals surface area contributed by atoms with Crippen molar-refractivity contribution in [2.24, 2.45) is 5.18 Å². The molecule has 0 saturated heterocycles. The van der Waals surface area contributed by atoms with E-state index in [4.69, 9.17) is 4.74 Å². The number of benzene rings is 2. The summed E-state index contributed by atoms with van der Waals surface area (Å²) in [7, 11) is 1.54. The summed E-state index contributed by atoms with van der Waals surface area (Å²) in [6.07, 6.45) is -0.160. The van der Waals surface area contributed by atoms with Crippen LogP contribution in [0.15, 0.2) is 47.6 Å². The molecule has 0 N–H and O–H groups in total. The largest absolute Gasteiger partial charge is 0.497 e. The summed E-state index contributed by atoms with van der Waals surface area (Å²) in [5.41, 5.74) is 3.46. The Bertz CT molecular complexity index is 1020. The predicted octanol–water partition coefficient (Wildman–Crippen LogP) is 3.79. The molecule has 0 bridgehead atoms. The number of amides is 1. The fourth-order valence-electron chi connectivity index (χ4n) is 3.08. The molecular weight excluding hydrogens is 332 g/mol. The molecule has 0 aliphatic carbocycles. The molecule has 0 unspecified atom stereocenters. The van der Waals surface area contributed by atoms with Crippen LogP contribution in [-0.2, 0) is 11.2 Å². The minimum Gasteiger partial charge on any atom is -0.497 e. The van der Waals surface area contributed by atoms with Crippen LogP contribution in [0.1, 0.15) is 27.2 Å². The molecule has 3 aromatic rings. The van der Waals surface area contributed by atoms with Crippen LogP contribution < -0.4 is 4.74 Å². The number of methoxy groups -OCH3 is 1. The monoisotopic (exact) mass is 350 g/mol. The van der Waals surface area contributed by atoms with Crippen LogP contribution in [0.25, 0.3) is 10.9 Å². The standard InChI is InChI=1S/C20H18N2O4/c1-12-4-6-14(7-5-12)20(24)22-13(2)16(11-19(23)21-25)17-10-15(26-3)8-9-18(17)22/h4-10H,11H2,1-3H3.